The number of aromatic nitrogens is 3. The minimum atomic E-state index is -0.337. The summed E-state index contributed by atoms with van der Waals surface area (Å²) in [5.74, 6) is 0.911. The van der Waals surface area contributed by atoms with E-state index >= 15 is 0 Å². The molecule has 0 fully saturated rings. The van der Waals surface area contributed by atoms with Crippen molar-refractivity contribution in [1.29, 1.82) is 0 Å². The summed E-state index contributed by atoms with van der Waals surface area (Å²) in [6.45, 7) is 23.3. The van der Waals surface area contributed by atoms with E-state index in [9.17, 15) is 9.90 Å². The van der Waals surface area contributed by atoms with E-state index < -0.39 is 0 Å². The maximum atomic E-state index is 12.2. The molecule has 0 saturated heterocycles. The number of rotatable bonds is 11. The quantitative estimate of drug-likeness (QED) is 0.0812. The smallest absolute Gasteiger partial charge is 0.164 e. The summed E-state index contributed by atoms with van der Waals surface area (Å²) >= 11 is 1.83. The number of fused-ring (bicyclic) bond motifs is 2. The molecule has 0 spiro atoms. The molecule has 0 aliphatic heterocycles. The van der Waals surface area contributed by atoms with Crippen molar-refractivity contribution in [2.24, 2.45) is 16.7 Å². The average Bonchev–Trinajstić information content (AvgIpc) is 3.52. The van der Waals surface area contributed by atoms with E-state index in [0.717, 1.165) is 60.1 Å². The van der Waals surface area contributed by atoms with Gasteiger partial charge in [0.2, 0.25) is 0 Å². The fourth-order valence-electron chi connectivity index (χ4n) is 6.01. The van der Waals surface area contributed by atoms with E-state index in [-0.39, 0.29) is 47.9 Å². The first-order chi connectivity index (χ1) is 23.6. The number of allylic oxidation sites excluding steroid dienone is 2. The summed E-state index contributed by atoms with van der Waals surface area (Å²) in [5.41, 5.74) is 4.33. The number of ketones is 1. The van der Waals surface area contributed by atoms with Crippen LogP contribution in [0.3, 0.4) is 0 Å². The first-order valence-corrected chi connectivity index (χ1v) is 19.0. The van der Waals surface area contributed by atoms with Gasteiger partial charge in [-0.15, -0.1) is 40.5 Å². The second-order valence-electron chi connectivity index (χ2n) is 15.5. The van der Waals surface area contributed by atoms with Gasteiger partial charge in [0.25, 0.3) is 0 Å². The van der Waals surface area contributed by atoms with Crippen LogP contribution in [0, 0.1) is 22.8 Å². The fourth-order valence-corrected chi connectivity index (χ4v) is 7.37. The third-order valence-electron chi connectivity index (χ3n) is 10.5. The van der Waals surface area contributed by atoms with E-state index in [4.69, 9.17) is 4.98 Å². The first kappa shape index (κ1) is 42.2. The molecule has 7 heteroatoms. The summed E-state index contributed by atoms with van der Waals surface area (Å²) in [5, 5.41) is 13.7. The topological polar surface area (TPSA) is 76.0 Å². The third kappa shape index (κ3) is 9.80. The van der Waals surface area contributed by atoms with Gasteiger partial charge in [0.05, 0.1) is 10.4 Å². The number of aliphatic hydroxyl groups excluding tert-OH is 1. The van der Waals surface area contributed by atoms with Gasteiger partial charge in [-0.1, -0.05) is 105 Å². The van der Waals surface area contributed by atoms with Gasteiger partial charge in [-0.3, -0.25) is 14.8 Å². The molecule has 0 amide bonds. The van der Waals surface area contributed by atoms with Crippen LogP contribution in [0.2, 0.25) is 0 Å². The number of carbonyl (C=O) groups excluding carboxylic acids is 1. The molecule has 1 radical (unpaired) electrons. The summed E-state index contributed by atoms with van der Waals surface area (Å²) in [4.78, 5) is 27.5. The number of hydrogen-bond acceptors (Lipinski definition) is 6. The number of benzene rings is 2. The van der Waals surface area contributed by atoms with Crippen molar-refractivity contribution in [3.63, 3.8) is 0 Å². The largest absolute Gasteiger partial charge is 0.512 e. The molecule has 0 atom stereocenters. The molecule has 0 unspecified atom stereocenters. The molecule has 3 heterocycles. The molecule has 51 heavy (non-hydrogen) atoms. The maximum Gasteiger partial charge on any atom is 0.164 e. The minimum Gasteiger partial charge on any atom is -0.512 e. The van der Waals surface area contributed by atoms with Crippen LogP contribution in [-0.4, -0.2) is 25.8 Å². The zero-order chi connectivity index (χ0) is 36.9. The Labute approximate surface area is 323 Å². The van der Waals surface area contributed by atoms with Gasteiger partial charge in [-0.2, -0.15) is 0 Å². The van der Waals surface area contributed by atoms with Crippen molar-refractivity contribution in [1.82, 2.24) is 15.0 Å². The predicted molar refractivity (Wildman–Crippen MR) is 213 cm³/mol. The summed E-state index contributed by atoms with van der Waals surface area (Å²) < 4.78 is 1.19. The average molecular weight is 883 g/mol. The Morgan fingerprint density at radius 2 is 1.49 bits per heavy atom. The molecule has 275 valence electrons. The molecule has 5 rings (SSSR count). The normalized spacial score (nSPS) is 12.5. The molecular formula is C44H56IrN3O2S-. The Morgan fingerprint density at radius 3 is 2.10 bits per heavy atom. The van der Waals surface area contributed by atoms with E-state index in [1.807, 2.05) is 59.1 Å². The van der Waals surface area contributed by atoms with Gasteiger partial charge in [0.1, 0.15) is 17.8 Å². The number of aliphatic hydroxyl groups is 1. The van der Waals surface area contributed by atoms with Crippen molar-refractivity contribution in [3.8, 4) is 22.6 Å². The standard InChI is InChI=1S/C29H28N3S.C15H28O2.Ir/c1-18(2)12-22-14-20-10-11-30-27(28(20)33-22)26-16-25(31-17-32-26)21-13-19-8-6-7-9-23(19)24(15-21)29(3,4)5;1-7-14(5,8-2)12(16)11-13(17)15(6,9-3)10-4;/h6-11,14-18H,12H2,1-5H3;11,16H,7-10H2,1-6H3;/q-1;;/b;12-11-;. The zero-order valence-corrected chi connectivity index (χ0v) is 35.6. The Balaban J connectivity index is 0.000000335. The number of thiophene rings is 1. The third-order valence-corrected chi connectivity index (χ3v) is 11.6. The van der Waals surface area contributed by atoms with E-state index in [2.05, 4.69) is 99.2 Å². The van der Waals surface area contributed by atoms with E-state index in [1.165, 1.54) is 32.0 Å². The van der Waals surface area contributed by atoms with Crippen molar-refractivity contribution >= 4 is 38.0 Å². The van der Waals surface area contributed by atoms with Crippen LogP contribution < -0.4 is 0 Å². The minimum absolute atomic E-state index is 0. The maximum absolute atomic E-state index is 12.2. The van der Waals surface area contributed by atoms with Gasteiger partial charge < -0.3 is 5.11 Å². The molecule has 0 saturated carbocycles. The number of pyridine rings is 1. The number of nitrogens with zero attached hydrogens (tertiary/aromatic N) is 3. The summed E-state index contributed by atoms with van der Waals surface area (Å²) in [7, 11) is 0. The molecule has 1 N–H and O–H groups in total. The second kappa shape index (κ2) is 17.5. The van der Waals surface area contributed by atoms with Crippen LogP contribution in [-0.2, 0) is 36.7 Å². The van der Waals surface area contributed by atoms with E-state index in [1.54, 1.807) is 6.33 Å². The fraction of sp³-hybridized carbons (Fsp3) is 0.455. The molecule has 0 aliphatic carbocycles. The van der Waals surface area contributed by atoms with Gasteiger partial charge in [0.15, 0.2) is 5.78 Å². The second-order valence-corrected chi connectivity index (χ2v) is 16.6. The summed E-state index contributed by atoms with van der Waals surface area (Å²) in [6, 6.07) is 20.7. The molecule has 3 aromatic heterocycles. The van der Waals surface area contributed by atoms with Crippen LogP contribution in [0.1, 0.15) is 112 Å². The molecule has 0 bridgehead atoms. The summed E-state index contributed by atoms with van der Waals surface area (Å²) in [6.07, 6.45) is 9.36. The van der Waals surface area contributed by atoms with Gasteiger partial charge >= 0.3 is 0 Å². The molecule has 2 aromatic carbocycles. The molecule has 0 aliphatic rings. The van der Waals surface area contributed by atoms with Gasteiger partial charge in [-0.25, -0.2) is 4.98 Å². The zero-order valence-electron chi connectivity index (χ0n) is 32.4. The van der Waals surface area contributed by atoms with Crippen LogP contribution in [0.15, 0.2) is 72.9 Å². The number of carbonyl (C=O) groups is 1. The Bertz CT molecular complexity index is 1960. The van der Waals surface area contributed by atoms with E-state index in [0.29, 0.717) is 5.92 Å². The number of hydrogen-bond donors (Lipinski definition) is 1. The van der Waals surface area contributed by atoms with Crippen molar-refractivity contribution < 1.29 is 30.0 Å². The Kier molecular flexibility index (Phi) is 14.5. The Morgan fingerprint density at radius 1 is 0.863 bits per heavy atom. The first-order valence-electron chi connectivity index (χ1n) is 18.2. The van der Waals surface area contributed by atoms with Crippen LogP contribution >= 0.6 is 11.3 Å². The van der Waals surface area contributed by atoms with Crippen molar-refractivity contribution in [2.75, 3.05) is 0 Å². The van der Waals surface area contributed by atoms with Crippen molar-refractivity contribution in [2.45, 2.75) is 114 Å². The van der Waals surface area contributed by atoms with Crippen LogP contribution in [0.25, 0.3) is 43.5 Å². The predicted octanol–water partition coefficient (Wildman–Crippen LogP) is 12.5. The van der Waals surface area contributed by atoms with Gasteiger partial charge in [0, 0.05) is 53.8 Å². The molecule has 5 aromatic rings. The van der Waals surface area contributed by atoms with Crippen LogP contribution in [0.5, 0.6) is 0 Å². The van der Waals surface area contributed by atoms with Crippen molar-refractivity contribution in [3.05, 3.63) is 89.4 Å². The monoisotopic (exact) mass is 883 g/mol. The molecular weight excluding hydrogens is 827 g/mol. The molecule has 5 nitrogen and oxygen atoms in total. The Hall–Kier alpha value is -3.25. The SMILES string of the molecule is CC(C)Cc1cc2ccnc(-c3cc(-c4[c-]c5ccccc5c(C(C)(C)C)c4)ncn3)c2s1.CCC(C)(CC)C(=O)/C=C(\O)C(C)(CC)CC.[Ir]. The van der Waals surface area contributed by atoms with Crippen LogP contribution in [0.4, 0.5) is 0 Å². The van der Waals surface area contributed by atoms with Gasteiger partial charge in [-0.05, 0) is 67.0 Å².